The SMILES string of the molecule is Cc1ccc([C@H](OC2CCN(CCCOc3ccc4c(=O)cc(C(=O)O)oc4c3)CC2)c2ccccc2)cc1. The van der Waals surface area contributed by atoms with E-state index < -0.39 is 5.97 Å². The molecule has 0 radical (unpaired) electrons. The molecule has 0 saturated carbocycles. The van der Waals surface area contributed by atoms with E-state index in [1.54, 1.807) is 18.2 Å². The van der Waals surface area contributed by atoms with Crippen LogP contribution in [-0.2, 0) is 4.74 Å². The summed E-state index contributed by atoms with van der Waals surface area (Å²) in [6, 6.07) is 24.9. The van der Waals surface area contributed by atoms with Gasteiger partial charge in [0.1, 0.15) is 17.4 Å². The van der Waals surface area contributed by atoms with Gasteiger partial charge < -0.3 is 23.9 Å². The molecular formula is C32H33NO6. The predicted molar refractivity (Wildman–Crippen MR) is 150 cm³/mol. The van der Waals surface area contributed by atoms with Crippen LogP contribution in [0.25, 0.3) is 11.0 Å². The first-order valence-corrected chi connectivity index (χ1v) is 13.4. The van der Waals surface area contributed by atoms with E-state index in [0.29, 0.717) is 17.7 Å². The minimum absolute atomic E-state index is 0.0743. The largest absolute Gasteiger partial charge is 0.493 e. The van der Waals surface area contributed by atoms with Crippen molar-refractivity contribution in [2.24, 2.45) is 0 Å². The van der Waals surface area contributed by atoms with Crippen molar-refractivity contribution in [1.82, 2.24) is 4.90 Å². The predicted octanol–water partition coefficient (Wildman–Crippen LogP) is 5.84. The van der Waals surface area contributed by atoms with Crippen LogP contribution in [0.5, 0.6) is 5.75 Å². The van der Waals surface area contributed by atoms with E-state index in [0.717, 1.165) is 45.0 Å². The number of carbonyl (C=O) groups is 1. The summed E-state index contributed by atoms with van der Waals surface area (Å²) in [6.45, 7) is 5.46. The smallest absolute Gasteiger partial charge is 0.371 e. The summed E-state index contributed by atoms with van der Waals surface area (Å²) in [4.78, 5) is 25.7. The van der Waals surface area contributed by atoms with Gasteiger partial charge in [0.25, 0.3) is 0 Å². The molecular weight excluding hydrogens is 494 g/mol. The van der Waals surface area contributed by atoms with Crippen molar-refractivity contribution in [2.45, 2.75) is 38.4 Å². The van der Waals surface area contributed by atoms with E-state index in [2.05, 4.69) is 60.4 Å². The molecule has 1 atom stereocenters. The normalized spacial score (nSPS) is 15.3. The van der Waals surface area contributed by atoms with Crippen molar-refractivity contribution in [3.63, 3.8) is 0 Å². The highest BCUT2D eigenvalue weighted by Crippen LogP contribution is 2.30. The fourth-order valence-corrected chi connectivity index (χ4v) is 4.99. The maximum atomic E-state index is 12.1. The molecule has 39 heavy (non-hydrogen) atoms. The number of piperidine rings is 1. The van der Waals surface area contributed by atoms with Crippen molar-refractivity contribution in [3.8, 4) is 5.75 Å². The minimum Gasteiger partial charge on any atom is -0.493 e. The fraction of sp³-hybridized carbons (Fsp3) is 0.312. The Kier molecular flexibility index (Phi) is 8.39. The second-order valence-electron chi connectivity index (χ2n) is 10.0. The molecule has 1 N–H and O–H groups in total. The van der Waals surface area contributed by atoms with Gasteiger partial charge in [-0.05, 0) is 49.4 Å². The Balaban J connectivity index is 1.11. The molecule has 7 heteroatoms. The number of fused-ring (bicyclic) bond motifs is 1. The summed E-state index contributed by atoms with van der Waals surface area (Å²) < 4.78 is 17.9. The monoisotopic (exact) mass is 527 g/mol. The molecule has 202 valence electrons. The Hall–Kier alpha value is -3.94. The van der Waals surface area contributed by atoms with Crippen molar-refractivity contribution < 1.29 is 23.8 Å². The Morgan fingerprint density at radius 3 is 2.44 bits per heavy atom. The summed E-state index contributed by atoms with van der Waals surface area (Å²) in [5.41, 5.74) is 3.41. The summed E-state index contributed by atoms with van der Waals surface area (Å²) >= 11 is 0. The lowest BCUT2D eigenvalue weighted by molar-refractivity contribution is -0.0273. The van der Waals surface area contributed by atoms with Gasteiger partial charge in [0.05, 0.1) is 18.1 Å². The molecule has 1 aromatic heterocycles. The Bertz CT molecular complexity index is 1460. The first-order valence-electron chi connectivity index (χ1n) is 13.4. The molecule has 0 amide bonds. The Morgan fingerprint density at radius 1 is 1.00 bits per heavy atom. The molecule has 5 rings (SSSR count). The molecule has 1 saturated heterocycles. The van der Waals surface area contributed by atoms with Gasteiger partial charge >= 0.3 is 5.97 Å². The van der Waals surface area contributed by atoms with E-state index in [9.17, 15) is 9.59 Å². The van der Waals surface area contributed by atoms with Crippen LogP contribution in [0.1, 0.15) is 52.6 Å². The van der Waals surface area contributed by atoms with E-state index in [1.165, 1.54) is 16.7 Å². The molecule has 7 nitrogen and oxygen atoms in total. The lowest BCUT2D eigenvalue weighted by Crippen LogP contribution is -2.38. The van der Waals surface area contributed by atoms with Crippen molar-refractivity contribution >= 4 is 16.9 Å². The number of rotatable bonds is 10. The minimum atomic E-state index is -1.28. The van der Waals surface area contributed by atoms with Crippen LogP contribution >= 0.6 is 0 Å². The standard InChI is InChI=1S/C32H33NO6/c1-22-8-10-24(11-9-22)31(23-6-3-2-4-7-23)38-25-14-17-33(18-15-25)16-5-19-37-26-12-13-27-28(34)21-30(32(35)36)39-29(27)20-26/h2-4,6-13,20-21,25,31H,5,14-19H2,1H3,(H,35,36)/t31-/m1/s1. The summed E-state index contributed by atoms with van der Waals surface area (Å²) in [5.74, 6) is -1.12. The van der Waals surface area contributed by atoms with Crippen molar-refractivity contribution in [3.05, 3.63) is 112 Å². The fourth-order valence-electron chi connectivity index (χ4n) is 4.99. The number of aromatic carboxylic acids is 1. The molecule has 1 aliphatic rings. The second kappa shape index (κ2) is 12.3. The number of likely N-dealkylation sites (tertiary alicyclic amines) is 1. The summed E-state index contributed by atoms with van der Waals surface area (Å²) in [6.07, 6.45) is 2.93. The highest BCUT2D eigenvalue weighted by atomic mass is 16.5. The third kappa shape index (κ3) is 6.74. The van der Waals surface area contributed by atoms with Crippen LogP contribution in [0.4, 0.5) is 0 Å². The van der Waals surface area contributed by atoms with E-state index in [-0.39, 0.29) is 29.0 Å². The highest BCUT2D eigenvalue weighted by molar-refractivity contribution is 5.87. The van der Waals surface area contributed by atoms with Gasteiger partial charge in [0.15, 0.2) is 5.43 Å². The first-order chi connectivity index (χ1) is 19.0. The van der Waals surface area contributed by atoms with E-state index in [4.69, 9.17) is 19.0 Å². The number of ether oxygens (including phenoxy) is 2. The third-order valence-corrected chi connectivity index (χ3v) is 7.14. The van der Waals surface area contributed by atoms with Gasteiger partial charge in [-0.1, -0.05) is 60.2 Å². The van der Waals surface area contributed by atoms with Crippen LogP contribution < -0.4 is 10.2 Å². The zero-order chi connectivity index (χ0) is 27.2. The maximum absolute atomic E-state index is 12.1. The zero-order valence-corrected chi connectivity index (χ0v) is 22.0. The Morgan fingerprint density at radius 2 is 1.72 bits per heavy atom. The van der Waals surface area contributed by atoms with Crippen LogP contribution in [0.3, 0.4) is 0 Å². The van der Waals surface area contributed by atoms with Crippen LogP contribution in [-0.4, -0.2) is 48.3 Å². The van der Waals surface area contributed by atoms with Crippen LogP contribution in [0.15, 0.2) is 88.1 Å². The molecule has 0 unspecified atom stereocenters. The van der Waals surface area contributed by atoms with Gasteiger partial charge in [-0.3, -0.25) is 4.79 Å². The molecule has 0 aliphatic carbocycles. The lowest BCUT2D eigenvalue weighted by atomic mass is 9.99. The number of carboxylic acids is 1. The molecule has 0 spiro atoms. The van der Waals surface area contributed by atoms with Gasteiger partial charge in [0.2, 0.25) is 5.76 Å². The second-order valence-corrected chi connectivity index (χ2v) is 10.0. The van der Waals surface area contributed by atoms with Gasteiger partial charge in [-0.2, -0.15) is 0 Å². The zero-order valence-electron chi connectivity index (χ0n) is 22.0. The lowest BCUT2D eigenvalue weighted by Gasteiger charge is -2.34. The number of carboxylic acid groups (broad SMARTS) is 1. The van der Waals surface area contributed by atoms with E-state index in [1.807, 2.05) is 6.07 Å². The molecule has 1 fully saturated rings. The molecule has 4 aromatic rings. The quantitative estimate of drug-likeness (QED) is 0.259. The van der Waals surface area contributed by atoms with Gasteiger partial charge in [-0.25, -0.2) is 4.79 Å². The molecule has 1 aliphatic heterocycles. The van der Waals surface area contributed by atoms with Crippen molar-refractivity contribution in [2.75, 3.05) is 26.2 Å². The number of hydrogen-bond acceptors (Lipinski definition) is 6. The summed E-state index contributed by atoms with van der Waals surface area (Å²) in [7, 11) is 0. The van der Waals surface area contributed by atoms with Gasteiger partial charge in [0, 0.05) is 31.8 Å². The average Bonchev–Trinajstić information content (AvgIpc) is 2.95. The van der Waals surface area contributed by atoms with Crippen LogP contribution in [0.2, 0.25) is 0 Å². The number of nitrogens with zero attached hydrogens (tertiary/aromatic N) is 1. The first kappa shape index (κ1) is 26.7. The molecule has 0 bridgehead atoms. The van der Waals surface area contributed by atoms with Gasteiger partial charge in [-0.15, -0.1) is 0 Å². The maximum Gasteiger partial charge on any atom is 0.371 e. The topological polar surface area (TPSA) is 89.2 Å². The average molecular weight is 528 g/mol. The third-order valence-electron chi connectivity index (χ3n) is 7.14. The number of hydrogen-bond donors (Lipinski definition) is 1. The highest BCUT2D eigenvalue weighted by Gasteiger charge is 2.24. The molecule has 2 heterocycles. The van der Waals surface area contributed by atoms with Crippen molar-refractivity contribution in [1.29, 1.82) is 0 Å². The number of aryl methyl sites for hydroxylation is 1. The van der Waals surface area contributed by atoms with E-state index >= 15 is 0 Å². The summed E-state index contributed by atoms with van der Waals surface area (Å²) in [5, 5.41) is 9.46. The van der Waals surface area contributed by atoms with Crippen LogP contribution in [0, 0.1) is 6.92 Å². The Labute approximate surface area is 227 Å². The molecule has 3 aromatic carbocycles. The number of benzene rings is 3.